The van der Waals surface area contributed by atoms with E-state index in [1.165, 1.54) is 13.0 Å². The minimum Gasteiger partial charge on any atom is -0.356 e. The molecule has 0 fully saturated rings. The van der Waals surface area contributed by atoms with Crippen molar-refractivity contribution < 1.29 is 13.6 Å². The summed E-state index contributed by atoms with van der Waals surface area (Å²) < 4.78 is 29.1. The maximum Gasteiger partial charge on any atom is 0.273 e. The van der Waals surface area contributed by atoms with Crippen LogP contribution in [0.2, 0.25) is 0 Å². The third kappa shape index (κ3) is 3.17. The van der Waals surface area contributed by atoms with Crippen molar-refractivity contribution in [3.63, 3.8) is 0 Å². The molecule has 0 saturated heterocycles. The van der Waals surface area contributed by atoms with Crippen molar-refractivity contribution >= 4 is 5.91 Å². The fraction of sp³-hybridized carbons (Fsp3) is 0.286. The summed E-state index contributed by atoms with van der Waals surface area (Å²) >= 11 is 0. The average molecular weight is 382 g/mol. The number of H-pyrrole nitrogens is 1. The van der Waals surface area contributed by atoms with E-state index in [0.29, 0.717) is 35.5 Å². The van der Waals surface area contributed by atoms with Crippen molar-refractivity contribution in [1.29, 1.82) is 0 Å². The number of rotatable bonds is 4. The van der Waals surface area contributed by atoms with Crippen LogP contribution in [0, 0.1) is 6.92 Å². The van der Waals surface area contributed by atoms with Crippen LogP contribution in [0.25, 0.3) is 22.8 Å². The summed E-state index contributed by atoms with van der Waals surface area (Å²) in [6.45, 7) is 3.82. The fourth-order valence-corrected chi connectivity index (χ4v) is 3.42. The van der Waals surface area contributed by atoms with Crippen LogP contribution in [0.5, 0.6) is 0 Å². The number of carbonyl (C=O) groups excluding carboxylic acids is 1. The number of nitrogens with one attached hydrogen (secondary N) is 2. The molecule has 1 amide bonds. The Labute approximate surface area is 161 Å². The van der Waals surface area contributed by atoms with Crippen molar-refractivity contribution in [3.8, 4) is 22.8 Å². The molecule has 0 spiro atoms. The number of alkyl halides is 2. The van der Waals surface area contributed by atoms with E-state index in [9.17, 15) is 13.6 Å². The molecule has 3 heterocycles. The number of halogens is 2. The molecule has 1 aromatic carbocycles. The number of fused-ring (bicyclic) bond motifs is 1. The second-order valence-electron chi connectivity index (χ2n) is 6.95. The van der Waals surface area contributed by atoms with Crippen LogP contribution < -0.4 is 5.32 Å². The molecule has 0 saturated carbocycles. The monoisotopic (exact) mass is 382 g/mol. The lowest BCUT2D eigenvalue weighted by molar-refractivity contribution is -0.00779. The number of benzene rings is 1. The SMILES string of the molecule is CCC(F)(F)c1cc(C)ccc1-c1nccc(-c2cc3c([nH]2)CCNC3=O)n1. The highest BCUT2D eigenvalue weighted by Crippen LogP contribution is 2.38. The van der Waals surface area contributed by atoms with Crippen LogP contribution in [0.15, 0.2) is 36.5 Å². The van der Waals surface area contributed by atoms with Crippen molar-refractivity contribution in [2.75, 3.05) is 6.54 Å². The second-order valence-corrected chi connectivity index (χ2v) is 6.95. The van der Waals surface area contributed by atoms with Crippen molar-refractivity contribution in [3.05, 3.63) is 58.9 Å². The number of amides is 1. The van der Waals surface area contributed by atoms with Gasteiger partial charge in [0.15, 0.2) is 5.82 Å². The van der Waals surface area contributed by atoms with Gasteiger partial charge in [0, 0.05) is 42.4 Å². The van der Waals surface area contributed by atoms with Gasteiger partial charge >= 0.3 is 0 Å². The molecule has 0 aliphatic carbocycles. The lowest BCUT2D eigenvalue weighted by Gasteiger charge is -2.18. The number of aromatic amines is 1. The zero-order chi connectivity index (χ0) is 19.9. The molecule has 0 unspecified atom stereocenters. The van der Waals surface area contributed by atoms with Gasteiger partial charge in [0.05, 0.1) is 17.0 Å². The van der Waals surface area contributed by atoms with Gasteiger partial charge in [-0.3, -0.25) is 4.79 Å². The number of aromatic nitrogens is 3. The van der Waals surface area contributed by atoms with Crippen molar-refractivity contribution in [2.24, 2.45) is 0 Å². The van der Waals surface area contributed by atoms with Crippen LogP contribution in [0.3, 0.4) is 0 Å². The van der Waals surface area contributed by atoms with E-state index < -0.39 is 5.92 Å². The first-order chi connectivity index (χ1) is 13.4. The minimum atomic E-state index is -2.97. The Morgan fingerprint density at radius 1 is 1.18 bits per heavy atom. The highest BCUT2D eigenvalue weighted by atomic mass is 19.3. The maximum atomic E-state index is 14.5. The number of hydrogen-bond donors (Lipinski definition) is 2. The van der Waals surface area contributed by atoms with Gasteiger partial charge in [-0.2, -0.15) is 0 Å². The molecule has 5 nitrogen and oxygen atoms in total. The summed E-state index contributed by atoms with van der Waals surface area (Å²) in [4.78, 5) is 24.0. The molecule has 1 aliphatic rings. The van der Waals surface area contributed by atoms with Gasteiger partial charge in [-0.25, -0.2) is 18.7 Å². The Balaban J connectivity index is 1.80. The summed E-state index contributed by atoms with van der Waals surface area (Å²) in [6.07, 6.45) is 1.96. The number of hydrogen-bond acceptors (Lipinski definition) is 3. The normalized spacial score (nSPS) is 13.9. The first-order valence-electron chi connectivity index (χ1n) is 9.22. The molecule has 0 atom stereocenters. The maximum absolute atomic E-state index is 14.5. The third-order valence-electron chi connectivity index (χ3n) is 4.99. The van der Waals surface area contributed by atoms with Crippen molar-refractivity contribution in [1.82, 2.24) is 20.3 Å². The lowest BCUT2D eigenvalue weighted by Crippen LogP contribution is -2.31. The van der Waals surface area contributed by atoms with E-state index >= 15 is 0 Å². The molecule has 144 valence electrons. The molecule has 7 heteroatoms. The first-order valence-corrected chi connectivity index (χ1v) is 9.22. The van der Waals surface area contributed by atoms with Gasteiger partial charge in [-0.15, -0.1) is 0 Å². The molecule has 0 radical (unpaired) electrons. The number of aryl methyl sites for hydroxylation is 1. The van der Waals surface area contributed by atoms with Gasteiger partial charge in [-0.05, 0) is 25.1 Å². The van der Waals surface area contributed by atoms with Crippen LogP contribution in [-0.2, 0) is 12.3 Å². The van der Waals surface area contributed by atoms with Crippen molar-refractivity contribution in [2.45, 2.75) is 32.6 Å². The number of carbonyl (C=O) groups is 1. The zero-order valence-electron chi connectivity index (χ0n) is 15.6. The predicted octanol–water partition coefficient (Wildman–Crippen LogP) is 4.23. The molecule has 0 bridgehead atoms. The topological polar surface area (TPSA) is 70.7 Å². The van der Waals surface area contributed by atoms with E-state index in [2.05, 4.69) is 20.3 Å². The minimum absolute atomic E-state index is 0.0719. The van der Waals surface area contributed by atoms with Gasteiger partial charge in [-0.1, -0.05) is 24.6 Å². The van der Waals surface area contributed by atoms with E-state index in [-0.39, 0.29) is 23.7 Å². The van der Waals surface area contributed by atoms with Crippen LogP contribution in [0.1, 0.15) is 40.5 Å². The Bertz CT molecular complexity index is 1060. The van der Waals surface area contributed by atoms with Gasteiger partial charge in [0.25, 0.3) is 11.8 Å². The first kappa shape index (κ1) is 18.3. The Kier molecular flexibility index (Phi) is 4.45. The van der Waals surface area contributed by atoms with Gasteiger partial charge in [0.2, 0.25) is 0 Å². The molecular weight excluding hydrogens is 362 g/mol. The van der Waals surface area contributed by atoms with Gasteiger partial charge in [0.1, 0.15) is 0 Å². The Morgan fingerprint density at radius 3 is 2.75 bits per heavy atom. The summed E-state index contributed by atoms with van der Waals surface area (Å²) in [7, 11) is 0. The predicted molar refractivity (Wildman–Crippen MR) is 102 cm³/mol. The summed E-state index contributed by atoms with van der Waals surface area (Å²) in [5, 5.41) is 2.80. The van der Waals surface area contributed by atoms with Gasteiger partial charge < -0.3 is 10.3 Å². The quantitative estimate of drug-likeness (QED) is 0.709. The lowest BCUT2D eigenvalue weighted by atomic mass is 9.97. The van der Waals surface area contributed by atoms with Crippen LogP contribution in [0.4, 0.5) is 8.78 Å². The Hall–Kier alpha value is -3.09. The molecule has 1 aliphatic heterocycles. The molecule has 2 N–H and O–H groups in total. The second kappa shape index (κ2) is 6.82. The third-order valence-corrected chi connectivity index (χ3v) is 4.99. The fourth-order valence-electron chi connectivity index (χ4n) is 3.42. The zero-order valence-corrected chi connectivity index (χ0v) is 15.6. The summed E-state index contributed by atoms with van der Waals surface area (Å²) in [6, 6.07) is 8.35. The van der Waals surface area contributed by atoms with Crippen LogP contribution in [-0.4, -0.2) is 27.4 Å². The highest BCUT2D eigenvalue weighted by molar-refractivity contribution is 5.97. The van der Waals surface area contributed by atoms with E-state index in [4.69, 9.17) is 0 Å². The number of nitrogens with zero attached hydrogens (tertiary/aromatic N) is 2. The van der Waals surface area contributed by atoms with E-state index in [1.54, 1.807) is 37.4 Å². The Morgan fingerprint density at radius 2 is 2.00 bits per heavy atom. The summed E-state index contributed by atoms with van der Waals surface area (Å²) in [5.74, 6) is -2.86. The van der Waals surface area contributed by atoms with E-state index in [0.717, 1.165) is 11.3 Å². The van der Waals surface area contributed by atoms with Crippen LogP contribution >= 0.6 is 0 Å². The molecule has 3 aromatic rings. The molecule has 28 heavy (non-hydrogen) atoms. The summed E-state index contributed by atoms with van der Waals surface area (Å²) in [5.41, 5.74) is 3.67. The smallest absolute Gasteiger partial charge is 0.273 e. The average Bonchev–Trinajstić information content (AvgIpc) is 3.14. The molecule has 4 rings (SSSR count). The molecule has 2 aromatic heterocycles. The highest BCUT2D eigenvalue weighted by Gasteiger charge is 2.33. The largest absolute Gasteiger partial charge is 0.356 e. The molecular formula is C21H20F2N4O. The van der Waals surface area contributed by atoms with E-state index in [1.807, 2.05) is 0 Å². The standard InChI is InChI=1S/C21H20F2N4O/c1-3-21(22,23)15-10-12(2)4-5-13(15)19-24-8-7-17(27-19)18-11-14-16(26-18)6-9-25-20(14)28/h4-5,7-8,10-11,26H,3,6,9H2,1-2H3,(H,25,28).